The molecule has 4 nitrogen and oxygen atoms in total. The first-order valence-electron chi connectivity index (χ1n) is 7.45. The summed E-state index contributed by atoms with van der Waals surface area (Å²) in [5.74, 6) is 0.723. The first-order chi connectivity index (χ1) is 10.6. The summed E-state index contributed by atoms with van der Waals surface area (Å²) in [7, 11) is 0. The van der Waals surface area contributed by atoms with E-state index in [0.29, 0.717) is 6.61 Å². The zero-order valence-corrected chi connectivity index (χ0v) is 12.8. The molecule has 1 amide bonds. The number of nitrogens with two attached hydrogens (primary N) is 1. The number of benzene rings is 2. The topological polar surface area (TPSA) is 64.3 Å². The molecule has 1 heterocycles. The number of carbonyl (C=O) groups excluding carboxylic acids is 1. The van der Waals surface area contributed by atoms with Crippen molar-refractivity contribution in [2.75, 3.05) is 11.9 Å². The summed E-state index contributed by atoms with van der Waals surface area (Å²) in [6.45, 7) is 4.31. The van der Waals surface area contributed by atoms with Crippen molar-refractivity contribution in [1.82, 2.24) is 0 Å². The lowest BCUT2D eigenvalue weighted by Crippen LogP contribution is -2.19. The maximum absolute atomic E-state index is 11.8. The molecule has 4 heteroatoms. The first-order valence-corrected chi connectivity index (χ1v) is 7.45. The van der Waals surface area contributed by atoms with Gasteiger partial charge in [0.2, 0.25) is 5.91 Å². The average Bonchev–Trinajstić information content (AvgIpc) is 2.82. The molecule has 0 fully saturated rings. The molecule has 3 N–H and O–H groups in total. The lowest BCUT2D eigenvalue weighted by atomic mass is 9.95. The van der Waals surface area contributed by atoms with E-state index in [1.807, 2.05) is 56.3 Å². The summed E-state index contributed by atoms with van der Waals surface area (Å²) in [5.41, 5.74) is 10.2. The number of carbonyl (C=O) groups is 1. The summed E-state index contributed by atoms with van der Waals surface area (Å²) < 4.78 is 5.72. The number of para-hydroxylation sites is 1. The van der Waals surface area contributed by atoms with Crippen LogP contribution >= 0.6 is 0 Å². The Balaban J connectivity index is 1.78. The minimum atomic E-state index is -0.230. The quantitative estimate of drug-likeness (QED) is 0.911. The molecule has 3 rings (SSSR count). The van der Waals surface area contributed by atoms with Gasteiger partial charge < -0.3 is 15.8 Å². The molecule has 0 saturated carbocycles. The van der Waals surface area contributed by atoms with E-state index in [-0.39, 0.29) is 17.9 Å². The van der Waals surface area contributed by atoms with Gasteiger partial charge in [-0.05, 0) is 42.7 Å². The van der Waals surface area contributed by atoms with Crippen LogP contribution in [0.3, 0.4) is 0 Å². The zero-order valence-electron chi connectivity index (χ0n) is 12.8. The number of rotatable bonds is 4. The minimum Gasteiger partial charge on any atom is -0.492 e. The van der Waals surface area contributed by atoms with Crippen LogP contribution in [0.1, 0.15) is 35.6 Å². The molecule has 0 radical (unpaired) electrons. The Hall–Kier alpha value is -2.33. The number of aryl methyl sites for hydroxylation is 1. The van der Waals surface area contributed by atoms with Gasteiger partial charge in [-0.2, -0.15) is 0 Å². The molecule has 0 saturated heterocycles. The Labute approximate surface area is 130 Å². The number of ether oxygens (including phenoxy) is 1. The summed E-state index contributed by atoms with van der Waals surface area (Å²) in [6.07, 6.45) is 0. The molecule has 1 aliphatic rings. The van der Waals surface area contributed by atoms with E-state index in [1.54, 1.807) is 0 Å². The van der Waals surface area contributed by atoms with E-state index in [0.717, 1.165) is 28.1 Å². The maximum Gasteiger partial charge on any atom is 0.231 e. The summed E-state index contributed by atoms with van der Waals surface area (Å²) in [5, 5.41) is 2.93. The van der Waals surface area contributed by atoms with Gasteiger partial charge in [-0.3, -0.25) is 4.79 Å². The largest absolute Gasteiger partial charge is 0.492 e. The second-order valence-corrected chi connectivity index (χ2v) is 5.74. The van der Waals surface area contributed by atoms with Gasteiger partial charge in [0.25, 0.3) is 0 Å². The number of anilines is 1. The molecule has 2 aromatic carbocycles. The highest BCUT2D eigenvalue weighted by Crippen LogP contribution is 2.36. The van der Waals surface area contributed by atoms with Crippen LogP contribution in [0, 0.1) is 6.92 Å². The highest BCUT2D eigenvalue weighted by Gasteiger charge is 2.28. The summed E-state index contributed by atoms with van der Waals surface area (Å²) in [4.78, 5) is 11.8. The molecule has 22 heavy (non-hydrogen) atoms. The number of fused-ring (bicyclic) bond motifs is 1. The molecule has 1 aliphatic heterocycles. The normalized spacial score (nSPS) is 17.8. The molecule has 0 bridgehead atoms. The first kappa shape index (κ1) is 14.6. The fourth-order valence-corrected chi connectivity index (χ4v) is 2.74. The number of amides is 1. The summed E-state index contributed by atoms with van der Waals surface area (Å²) >= 11 is 0. The van der Waals surface area contributed by atoms with Crippen LogP contribution in [0.25, 0.3) is 0 Å². The Bertz CT molecular complexity index is 698. The van der Waals surface area contributed by atoms with E-state index >= 15 is 0 Å². The number of nitrogens with one attached hydrogen (secondary N) is 1. The van der Waals surface area contributed by atoms with Crippen LogP contribution in [-0.4, -0.2) is 12.5 Å². The summed E-state index contributed by atoms with van der Waals surface area (Å²) in [6, 6.07) is 13.4. The second kappa shape index (κ2) is 5.81. The smallest absolute Gasteiger partial charge is 0.231 e. The van der Waals surface area contributed by atoms with Gasteiger partial charge in [-0.1, -0.05) is 30.3 Å². The highest BCUT2D eigenvalue weighted by molar-refractivity contribution is 6.03. The fourth-order valence-electron chi connectivity index (χ4n) is 2.74. The van der Waals surface area contributed by atoms with Crippen LogP contribution in [-0.2, 0) is 4.79 Å². The molecular formula is C18H20N2O2. The molecule has 0 spiro atoms. The van der Waals surface area contributed by atoms with E-state index < -0.39 is 0 Å². The van der Waals surface area contributed by atoms with Gasteiger partial charge in [0.05, 0.1) is 12.0 Å². The van der Waals surface area contributed by atoms with Gasteiger partial charge in [-0.15, -0.1) is 0 Å². The number of hydrogen-bond acceptors (Lipinski definition) is 3. The average molecular weight is 296 g/mol. The van der Waals surface area contributed by atoms with E-state index in [2.05, 4.69) is 5.32 Å². The van der Waals surface area contributed by atoms with Crippen LogP contribution in [0.4, 0.5) is 5.69 Å². The monoisotopic (exact) mass is 296 g/mol. The Morgan fingerprint density at radius 3 is 2.73 bits per heavy atom. The van der Waals surface area contributed by atoms with Crippen molar-refractivity contribution in [3.8, 4) is 5.75 Å². The third kappa shape index (κ3) is 2.70. The standard InChI is InChI=1S/C18H20N2O2/c1-11-8-13(9-15-12(2)18(21)20-17(11)15)16(19)10-22-14-6-4-3-5-7-14/h3-9,12,16H,10,19H2,1-2H3,(H,20,21). The van der Waals surface area contributed by atoms with Crippen molar-refractivity contribution in [2.24, 2.45) is 5.73 Å². The molecular weight excluding hydrogens is 276 g/mol. The lowest BCUT2D eigenvalue weighted by Gasteiger charge is -2.16. The van der Waals surface area contributed by atoms with Crippen molar-refractivity contribution in [2.45, 2.75) is 25.8 Å². The molecule has 2 unspecified atom stereocenters. The van der Waals surface area contributed by atoms with Gasteiger partial charge in [-0.25, -0.2) is 0 Å². The molecule has 0 aliphatic carbocycles. The third-order valence-electron chi connectivity index (χ3n) is 4.10. The molecule has 2 atom stereocenters. The van der Waals surface area contributed by atoms with Gasteiger partial charge >= 0.3 is 0 Å². The zero-order chi connectivity index (χ0) is 15.7. The minimum absolute atomic E-state index is 0.0457. The number of hydrogen-bond donors (Lipinski definition) is 2. The maximum atomic E-state index is 11.8. The predicted octanol–water partition coefficient (Wildman–Crippen LogP) is 3.13. The van der Waals surface area contributed by atoms with E-state index in [4.69, 9.17) is 10.5 Å². The van der Waals surface area contributed by atoms with Crippen LogP contribution in [0.5, 0.6) is 5.75 Å². The van der Waals surface area contributed by atoms with Gasteiger partial charge in [0.1, 0.15) is 12.4 Å². The Kier molecular flexibility index (Phi) is 3.86. The SMILES string of the molecule is Cc1cc(C(N)COc2ccccc2)cc2c1NC(=O)C2C. The Morgan fingerprint density at radius 1 is 1.27 bits per heavy atom. The van der Waals surface area contributed by atoms with E-state index in [9.17, 15) is 4.79 Å². The Morgan fingerprint density at radius 2 is 2.00 bits per heavy atom. The predicted molar refractivity (Wildman–Crippen MR) is 87.1 cm³/mol. The fraction of sp³-hybridized carbons (Fsp3) is 0.278. The van der Waals surface area contributed by atoms with Gasteiger partial charge in [0, 0.05) is 5.69 Å². The van der Waals surface area contributed by atoms with Crippen molar-refractivity contribution in [3.63, 3.8) is 0 Å². The molecule has 114 valence electrons. The van der Waals surface area contributed by atoms with Crippen LogP contribution < -0.4 is 15.8 Å². The highest BCUT2D eigenvalue weighted by atomic mass is 16.5. The van der Waals surface area contributed by atoms with Crippen LogP contribution in [0.15, 0.2) is 42.5 Å². The second-order valence-electron chi connectivity index (χ2n) is 5.74. The lowest BCUT2D eigenvalue weighted by molar-refractivity contribution is -0.116. The third-order valence-corrected chi connectivity index (χ3v) is 4.10. The van der Waals surface area contributed by atoms with Crippen molar-refractivity contribution < 1.29 is 9.53 Å². The van der Waals surface area contributed by atoms with Crippen molar-refractivity contribution in [3.05, 3.63) is 59.2 Å². The van der Waals surface area contributed by atoms with Crippen LogP contribution in [0.2, 0.25) is 0 Å². The van der Waals surface area contributed by atoms with E-state index in [1.165, 1.54) is 0 Å². The molecule has 2 aromatic rings. The van der Waals surface area contributed by atoms with Crippen molar-refractivity contribution >= 4 is 11.6 Å². The van der Waals surface area contributed by atoms with Gasteiger partial charge in [0.15, 0.2) is 0 Å². The van der Waals surface area contributed by atoms with Crippen molar-refractivity contribution in [1.29, 1.82) is 0 Å². The molecule has 0 aromatic heterocycles.